The first-order valence-corrected chi connectivity index (χ1v) is 9.76. The fraction of sp³-hybridized carbons (Fsp3) is 0.300. The Kier molecular flexibility index (Phi) is 5.08. The molecule has 0 bridgehead atoms. The molecule has 2 saturated heterocycles. The van der Waals surface area contributed by atoms with E-state index in [0.717, 1.165) is 26.2 Å². The van der Waals surface area contributed by atoms with E-state index in [9.17, 15) is 9.59 Å². The van der Waals surface area contributed by atoms with E-state index in [0.29, 0.717) is 15.7 Å². The third kappa shape index (κ3) is 3.55. The molecule has 0 unspecified atom stereocenters. The van der Waals surface area contributed by atoms with Gasteiger partial charge in [-0.1, -0.05) is 41.4 Å². The topological polar surface area (TPSA) is 45.1 Å². The average molecular weight is 405 g/mol. The Morgan fingerprint density at radius 3 is 2.26 bits per heavy atom. The maximum atomic E-state index is 13.0. The summed E-state index contributed by atoms with van der Waals surface area (Å²) >= 11 is 12.0. The number of halogens is 2. The lowest BCUT2D eigenvalue weighted by Crippen LogP contribution is -3.19. The van der Waals surface area contributed by atoms with Crippen LogP contribution in [0.5, 0.6) is 0 Å². The molecule has 0 aromatic heterocycles. The van der Waals surface area contributed by atoms with Crippen molar-refractivity contribution >= 4 is 46.4 Å². The number of para-hydroxylation sites is 1. The molecule has 2 amide bonds. The highest BCUT2D eigenvalue weighted by Crippen LogP contribution is 2.29. The van der Waals surface area contributed by atoms with Gasteiger partial charge >= 0.3 is 0 Å². The van der Waals surface area contributed by atoms with Crippen LogP contribution in [0.2, 0.25) is 10.0 Å². The first-order chi connectivity index (χ1) is 13.0. The first-order valence-electron chi connectivity index (χ1n) is 9.01. The Hall–Kier alpha value is -2.08. The summed E-state index contributed by atoms with van der Waals surface area (Å²) < 4.78 is 0. The van der Waals surface area contributed by atoms with Crippen molar-refractivity contribution in [3.8, 4) is 0 Å². The number of quaternary nitrogens is 1. The molecular weight excluding hydrogens is 385 g/mol. The largest absolute Gasteiger partial charge is 0.360 e. The van der Waals surface area contributed by atoms with Crippen molar-refractivity contribution in [3.05, 3.63) is 58.6 Å². The van der Waals surface area contributed by atoms with Gasteiger partial charge in [0.25, 0.3) is 5.91 Å². The highest BCUT2D eigenvalue weighted by molar-refractivity contribution is 6.42. The van der Waals surface area contributed by atoms with Crippen LogP contribution in [0.25, 0.3) is 0 Å². The molecule has 2 aromatic carbocycles. The van der Waals surface area contributed by atoms with Crippen LogP contribution in [-0.4, -0.2) is 44.0 Å². The number of nitrogens with one attached hydrogen (secondary N) is 1. The predicted molar refractivity (Wildman–Crippen MR) is 107 cm³/mol. The molecule has 7 heteroatoms. The zero-order chi connectivity index (χ0) is 19.0. The molecular formula is C20H20Cl2N3O2+. The molecule has 0 radical (unpaired) electrons. The molecule has 4 rings (SSSR count). The number of rotatable bonds is 3. The van der Waals surface area contributed by atoms with Gasteiger partial charge in [-0.2, -0.15) is 0 Å². The number of imide groups is 1. The molecule has 0 saturated carbocycles. The molecule has 27 heavy (non-hydrogen) atoms. The average Bonchev–Trinajstić information content (AvgIpc) is 2.99. The van der Waals surface area contributed by atoms with E-state index in [-0.39, 0.29) is 24.3 Å². The summed E-state index contributed by atoms with van der Waals surface area (Å²) in [5, 5.41) is 0.737. The van der Waals surface area contributed by atoms with Crippen molar-refractivity contribution in [3.63, 3.8) is 0 Å². The van der Waals surface area contributed by atoms with Crippen LogP contribution in [0.4, 0.5) is 11.4 Å². The smallest absolute Gasteiger partial charge is 0.292 e. The second-order valence-electron chi connectivity index (χ2n) is 6.90. The van der Waals surface area contributed by atoms with Gasteiger partial charge in [-0.3, -0.25) is 9.59 Å². The highest BCUT2D eigenvalue weighted by Gasteiger charge is 2.46. The summed E-state index contributed by atoms with van der Waals surface area (Å²) in [6, 6.07) is 14.8. The van der Waals surface area contributed by atoms with Gasteiger partial charge in [-0.15, -0.1) is 0 Å². The van der Waals surface area contributed by atoms with Crippen LogP contribution in [0.15, 0.2) is 48.5 Å². The zero-order valence-electron chi connectivity index (χ0n) is 14.7. The normalized spacial score (nSPS) is 21.2. The summed E-state index contributed by atoms with van der Waals surface area (Å²) in [6.45, 7) is 3.38. The monoisotopic (exact) mass is 404 g/mol. The van der Waals surface area contributed by atoms with E-state index in [1.807, 2.05) is 18.2 Å². The van der Waals surface area contributed by atoms with Crippen molar-refractivity contribution in [2.24, 2.45) is 0 Å². The molecule has 2 fully saturated rings. The van der Waals surface area contributed by atoms with Crippen LogP contribution < -0.4 is 14.7 Å². The minimum Gasteiger partial charge on any atom is -0.360 e. The summed E-state index contributed by atoms with van der Waals surface area (Å²) in [4.78, 5) is 30.2. The van der Waals surface area contributed by atoms with Gasteiger partial charge in [0.05, 0.1) is 48.3 Å². The van der Waals surface area contributed by atoms with Gasteiger partial charge in [0.1, 0.15) is 0 Å². The van der Waals surface area contributed by atoms with Gasteiger partial charge in [0.2, 0.25) is 5.91 Å². The molecule has 2 heterocycles. The third-order valence-electron chi connectivity index (χ3n) is 5.33. The van der Waals surface area contributed by atoms with E-state index >= 15 is 0 Å². The maximum Gasteiger partial charge on any atom is 0.292 e. The van der Waals surface area contributed by atoms with Gasteiger partial charge in [0.15, 0.2) is 6.04 Å². The molecule has 2 aromatic rings. The second kappa shape index (κ2) is 7.50. The van der Waals surface area contributed by atoms with Crippen molar-refractivity contribution in [2.45, 2.75) is 12.5 Å². The Bertz CT molecular complexity index is 867. The van der Waals surface area contributed by atoms with Crippen molar-refractivity contribution < 1.29 is 14.5 Å². The van der Waals surface area contributed by atoms with E-state index in [1.54, 1.807) is 18.2 Å². The molecule has 1 N–H and O–H groups in total. The molecule has 140 valence electrons. The third-order valence-corrected chi connectivity index (χ3v) is 6.07. The lowest BCUT2D eigenvalue weighted by molar-refractivity contribution is -0.915. The van der Waals surface area contributed by atoms with E-state index < -0.39 is 0 Å². The minimum atomic E-state index is -0.329. The van der Waals surface area contributed by atoms with Gasteiger partial charge in [-0.25, -0.2) is 4.90 Å². The first kappa shape index (κ1) is 18.3. The zero-order valence-corrected chi connectivity index (χ0v) is 16.2. The number of amides is 2. The lowest BCUT2D eigenvalue weighted by atomic mass is 10.1. The fourth-order valence-electron chi connectivity index (χ4n) is 3.89. The summed E-state index contributed by atoms with van der Waals surface area (Å²) in [5.74, 6) is -0.331. The number of benzene rings is 2. The van der Waals surface area contributed by atoms with E-state index in [1.165, 1.54) is 15.5 Å². The summed E-state index contributed by atoms with van der Waals surface area (Å²) in [6.07, 6.45) is 0.236. The molecule has 1 atom stereocenters. The summed E-state index contributed by atoms with van der Waals surface area (Å²) in [5.41, 5.74) is 1.69. The number of anilines is 2. The van der Waals surface area contributed by atoms with Crippen LogP contribution >= 0.6 is 23.2 Å². The number of carbonyl (C=O) groups is 2. The van der Waals surface area contributed by atoms with E-state index in [2.05, 4.69) is 17.0 Å². The maximum absolute atomic E-state index is 13.0. The van der Waals surface area contributed by atoms with Crippen molar-refractivity contribution in [1.82, 2.24) is 0 Å². The summed E-state index contributed by atoms with van der Waals surface area (Å²) in [7, 11) is 0. The van der Waals surface area contributed by atoms with Gasteiger partial charge in [-0.05, 0) is 30.3 Å². The Morgan fingerprint density at radius 1 is 0.889 bits per heavy atom. The Balaban J connectivity index is 1.45. The van der Waals surface area contributed by atoms with E-state index in [4.69, 9.17) is 23.2 Å². The number of carbonyl (C=O) groups excluding carboxylic acids is 2. The Labute approximate surface area is 168 Å². The predicted octanol–water partition coefficient (Wildman–Crippen LogP) is 2.03. The molecule has 2 aliphatic heterocycles. The standard InChI is InChI=1S/C20H19Cl2N3O2/c21-16-7-6-15(12-17(16)22)25-19(26)13-18(20(25)27)24-10-8-23(9-11-24)14-4-2-1-3-5-14/h1-7,12,18H,8-11,13H2/p+1/t18-/m0/s1. The SMILES string of the molecule is O=C1C[C@H]([NH+]2CCN(c3ccccc3)CC2)C(=O)N1c1ccc(Cl)c(Cl)c1. The number of hydrogen-bond acceptors (Lipinski definition) is 3. The highest BCUT2D eigenvalue weighted by atomic mass is 35.5. The molecule has 5 nitrogen and oxygen atoms in total. The molecule has 0 aliphatic carbocycles. The van der Waals surface area contributed by atoms with Crippen LogP contribution in [0, 0.1) is 0 Å². The molecule has 0 spiro atoms. The van der Waals surface area contributed by atoms with Gasteiger partial charge < -0.3 is 9.80 Å². The van der Waals surface area contributed by atoms with Gasteiger partial charge in [0, 0.05) is 5.69 Å². The number of nitrogens with zero attached hydrogens (tertiary/aromatic N) is 2. The lowest BCUT2D eigenvalue weighted by Gasteiger charge is -2.35. The van der Waals surface area contributed by atoms with Crippen LogP contribution in [-0.2, 0) is 9.59 Å². The van der Waals surface area contributed by atoms with Crippen LogP contribution in [0.1, 0.15) is 6.42 Å². The minimum absolute atomic E-state index is 0.151. The van der Waals surface area contributed by atoms with Crippen molar-refractivity contribution in [1.29, 1.82) is 0 Å². The molecule has 2 aliphatic rings. The number of piperazine rings is 1. The quantitative estimate of drug-likeness (QED) is 0.796. The van der Waals surface area contributed by atoms with Crippen molar-refractivity contribution in [2.75, 3.05) is 36.0 Å². The number of hydrogen-bond donors (Lipinski definition) is 1. The Morgan fingerprint density at radius 2 is 1.59 bits per heavy atom. The second-order valence-corrected chi connectivity index (χ2v) is 7.72. The van der Waals surface area contributed by atoms with Crippen LogP contribution in [0.3, 0.4) is 0 Å². The fourth-order valence-corrected chi connectivity index (χ4v) is 4.18.